The quantitative estimate of drug-likeness (QED) is 0.616. The van der Waals surface area contributed by atoms with Gasteiger partial charge in [0.05, 0.1) is 6.33 Å². The molecule has 0 aromatic carbocycles. The molecule has 4 nitrogen and oxygen atoms in total. The van der Waals surface area contributed by atoms with Gasteiger partial charge in [0, 0.05) is 25.5 Å². The number of pyridine rings is 1. The maximum Gasteiger partial charge on any atom is 0.214 e. The van der Waals surface area contributed by atoms with E-state index in [9.17, 15) is 4.39 Å². The first-order chi connectivity index (χ1) is 8.34. The summed E-state index contributed by atoms with van der Waals surface area (Å²) >= 11 is 0. The second kappa shape index (κ2) is 5.98. The van der Waals surface area contributed by atoms with Crippen molar-refractivity contribution in [3.05, 3.63) is 42.9 Å². The van der Waals surface area contributed by atoms with Crippen LogP contribution >= 0.6 is 0 Å². The molecule has 2 heterocycles. The Morgan fingerprint density at radius 1 is 1.29 bits per heavy atom. The first-order valence-electron chi connectivity index (χ1n) is 5.67. The van der Waals surface area contributed by atoms with Crippen molar-refractivity contribution in [3.63, 3.8) is 0 Å². The molecular formula is C12H15FN4. The summed E-state index contributed by atoms with van der Waals surface area (Å²) in [4.78, 5) is 7.70. The molecule has 2 rings (SSSR count). The van der Waals surface area contributed by atoms with E-state index in [-0.39, 0.29) is 0 Å². The molecule has 0 bridgehead atoms. The zero-order valence-electron chi connectivity index (χ0n) is 9.51. The van der Waals surface area contributed by atoms with Crippen molar-refractivity contribution >= 4 is 5.82 Å². The molecule has 0 aliphatic heterocycles. The van der Waals surface area contributed by atoms with Crippen molar-refractivity contribution < 1.29 is 4.39 Å². The fraction of sp³-hybridized carbons (Fsp3) is 0.333. The summed E-state index contributed by atoms with van der Waals surface area (Å²) in [6, 6.07) is 4.75. The summed E-state index contributed by atoms with van der Waals surface area (Å²) in [5.74, 6) is 0.140. The number of nitrogens with one attached hydrogen (secondary N) is 1. The van der Waals surface area contributed by atoms with Gasteiger partial charge in [-0.3, -0.25) is 0 Å². The molecule has 90 valence electrons. The second-order valence-electron chi connectivity index (χ2n) is 3.78. The van der Waals surface area contributed by atoms with Gasteiger partial charge in [-0.25, -0.2) is 9.97 Å². The van der Waals surface area contributed by atoms with Crippen LogP contribution in [0.1, 0.15) is 12.8 Å². The van der Waals surface area contributed by atoms with Gasteiger partial charge in [0.1, 0.15) is 5.82 Å². The van der Waals surface area contributed by atoms with Crippen molar-refractivity contribution in [2.24, 2.45) is 0 Å². The monoisotopic (exact) mass is 234 g/mol. The Labute approximate surface area is 99.5 Å². The molecule has 0 aliphatic rings. The molecule has 17 heavy (non-hydrogen) atoms. The van der Waals surface area contributed by atoms with Crippen LogP contribution in [0.15, 0.2) is 36.9 Å². The number of aromatic nitrogens is 3. The number of nitrogens with zero attached hydrogens (tertiary/aromatic N) is 3. The van der Waals surface area contributed by atoms with Gasteiger partial charge in [0.15, 0.2) is 0 Å². The largest absolute Gasteiger partial charge is 0.370 e. The summed E-state index contributed by atoms with van der Waals surface area (Å²) in [5.41, 5.74) is 0. The third-order valence-electron chi connectivity index (χ3n) is 2.42. The highest BCUT2D eigenvalue weighted by Crippen LogP contribution is 2.04. The normalized spacial score (nSPS) is 10.4. The van der Waals surface area contributed by atoms with Gasteiger partial charge in [0.2, 0.25) is 5.95 Å². The van der Waals surface area contributed by atoms with Crippen LogP contribution in [0.5, 0.6) is 0 Å². The molecule has 0 amide bonds. The number of aryl methyl sites for hydroxylation is 1. The number of hydrogen-bond donors (Lipinski definition) is 1. The molecule has 0 saturated carbocycles. The van der Waals surface area contributed by atoms with Crippen LogP contribution in [0, 0.1) is 5.95 Å². The predicted octanol–water partition coefficient (Wildman–Crippen LogP) is 2.31. The molecule has 0 aliphatic carbocycles. The average Bonchev–Trinajstić information content (AvgIpc) is 2.82. The van der Waals surface area contributed by atoms with Crippen LogP contribution in [-0.4, -0.2) is 21.1 Å². The van der Waals surface area contributed by atoms with Crippen LogP contribution in [0.2, 0.25) is 0 Å². The average molecular weight is 234 g/mol. The summed E-state index contributed by atoms with van der Waals surface area (Å²) in [5, 5.41) is 3.09. The smallest absolute Gasteiger partial charge is 0.214 e. The van der Waals surface area contributed by atoms with Crippen LogP contribution in [-0.2, 0) is 6.54 Å². The molecular weight excluding hydrogens is 219 g/mol. The van der Waals surface area contributed by atoms with Crippen LogP contribution in [0.4, 0.5) is 10.2 Å². The minimum atomic E-state index is -0.451. The number of anilines is 1. The molecule has 0 radical (unpaired) electrons. The van der Waals surface area contributed by atoms with Crippen molar-refractivity contribution in [3.8, 4) is 0 Å². The Morgan fingerprint density at radius 2 is 2.24 bits per heavy atom. The lowest BCUT2D eigenvalue weighted by Gasteiger charge is -2.05. The number of hydrogen-bond acceptors (Lipinski definition) is 3. The number of imidazole rings is 1. The van der Waals surface area contributed by atoms with Crippen LogP contribution < -0.4 is 5.32 Å². The lowest BCUT2D eigenvalue weighted by molar-refractivity contribution is 0.584. The van der Waals surface area contributed by atoms with Crippen molar-refractivity contribution in [1.29, 1.82) is 0 Å². The minimum Gasteiger partial charge on any atom is -0.370 e. The van der Waals surface area contributed by atoms with Gasteiger partial charge in [-0.05, 0) is 25.0 Å². The number of halogens is 1. The van der Waals surface area contributed by atoms with Crippen molar-refractivity contribution in [2.45, 2.75) is 19.4 Å². The van der Waals surface area contributed by atoms with E-state index in [0.717, 1.165) is 25.9 Å². The first kappa shape index (κ1) is 11.6. The first-order valence-corrected chi connectivity index (χ1v) is 5.67. The molecule has 0 saturated heterocycles. The molecule has 0 unspecified atom stereocenters. The third-order valence-corrected chi connectivity index (χ3v) is 2.42. The number of rotatable bonds is 6. The number of unbranched alkanes of at least 4 members (excludes halogenated alkanes) is 1. The lowest BCUT2D eigenvalue weighted by Crippen LogP contribution is -2.05. The molecule has 2 aromatic rings. The van der Waals surface area contributed by atoms with Gasteiger partial charge in [0.25, 0.3) is 0 Å². The predicted molar refractivity (Wildman–Crippen MR) is 64.1 cm³/mol. The standard InChI is InChI=1S/C12H15FN4/c13-11-4-3-5-12(16-11)15-6-1-2-8-17-9-7-14-10-17/h3-5,7,9-10H,1-2,6,8H2,(H,15,16). The Balaban J connectivity index is 1.63. The van der Waals surface area contributed by atoms with Crippen molar-refractivity contribution in [2.75, 3.05) is 11.9 Å². The maximum absolute atomic E-state index is 12.8. The van der Waals surface area contributed by atoms with E-state index in [0.29, 0.717) is 5.82 Å². The van der Waals surface area contributed by atoms with Gasteiger partial charge in [-0.15, -0.1) is 0 Å². The second-order valence-corrected chi connectivity index (χ2v) is 3.78. The Morgan fingerprint density at radius 3 is 3.00 bits per heavy atom. The molecule has 0 atom stereocenters. The lowest BCUT2D eigenvalue weighted by atomic mass is 10.3. The van der Waals surface area contributed by atoms with Crippen LogP contribution in [0.3, 0.4) is 0 Å². The topological polar surface area (TPSA) is 42.7 Å². The minimum absolute atomic E-state index is 0.451. The summed E-state index contributed by atoms with van der Waals surface area (Å²) < 4.78 is 14.8. The summed E-state index contributed by atoms with van der Waals surface area (Å²) in [7, 11) is 0. The van der Waals surface area contributed by atoms with Crippen molar-refractivity contribution in [1.82, 2.24) is 14.5 Å². The highest BCUT2D eigenvalue weighted by Gasteiger charge is 1.95. The fourth-order valence-corrected chi connectivity index (χ4v) is 1.56. The highest BCUT2D eigenvalue weighted by molar-refractivity contribution is 5.33. The van der Waals surface area contributed by atoms with E-state index in [2.05, 4.69) is 15.3 Å². The molecule has 5 heteroatoms. The molecule has 0 spiro atoms. The SMILES string of the molecule is Fc1cccc(NCCCCn2ccnc2)n1. The molecule has 0 fully saturated rings. The van der Waals surface area contributed by atoms with Gasteiger partial charge in [-0.1, -0.05) is 6.07 Å². The van der Waals surface area contributed by atoms with E-state index in [1.54, 1.807) is 18.3 Å². The summed E-state index contributed by atoms with van der Waals surface area (Å²) in [6.07, 6.45) is 7.59. The highest BCUT2D eigenvalue weighted by atomic mass is 19.1. The zero-order valence-corrected chi connectivity index (χ0v) is 9.51. The van der Waals surface area contributed by atoms with Gasteiger partial charge < -0.3 is 9.88 Å². The van der Waals surface area contributed by atoms with Crippen LogP contribution in [0.25, 0.3) is 0 Å². The van der Waals surface area contributed by atoms with E-state index < -0.39 is 5.95 Å². The Bertz CT molecular complexity index is 442. The van der Waals surface area contributed by atoms with E-state index in [4.69, 9.17) is 0 Å². The van der Waals surface area contributed by atoms with E-state index >= 15 is 0 Å². The maximum atomic E-state index is 12.8. The third kappa shape index (κ3) is 3.86. The van der Waals surface area contributed by atoms with Gasteiger partial charge in [-0.2, -0.15) is 4.39 Å². The Kier molecular flexibility index (Phi) is 4.07. The molecule has 1 N–H and O–H groups in total. The summed E-state index contributed by atoms with van der Waals surface area (Å²) in [6.45, 7) is 1.75. The zero-order chi connectivity index (χ0) is 11.9. The van der Waals surface area contributed by atoms with E-state index in [1.807, 2.05) is 17.1 Å². The van der Waals surface area contributed by atoms with Gasteiger partial charge >= 0.3 is 0 Å². The fourth-order valence-electron chi connectivity index (χ4n) is 1.56. The van der Waals surface area contributed by atoms with E-state index in [1.165, 1.54) is 6.07 Å². The Hall–Kier alpha value is -1.91. The molecule has 2 aromatic heterocycles.